The molecule has 0 aliphatic carbocycles. The van der Waals surface area contributed by atoms with Gasteiger partial charge in [-0.25, -0.2) is 9.69 Å². The summed E-state index contributed by atoms with van der Waals surface area (Å²) in [6.07, 6.45) is 1.41. The summed E-state index contributed by atoms with van der Waals surface area (Å²) in [6, 6.07) is 25.9. The molecule has 0 bridgehead atoms. The Kier molecular flexibility index (Phi) is 8.87. The van der Waals surface area contributed by atoms with Gasteiger partial charge in [-0.15, -0.1) is 0 Å². The largest absolute Gasteiger partial charge is 0.489 e. The molecule has 1 saturated heterocycles. The quantitative estimate of drug-likeness (QED) is 0.151. The zero-order chi connectivity index (χ0) is 28.9. The maximum absolute atomic E-state index is 13.5. The van der Waals surface area contributed by atoms with Crippen LogP contribution in [-0.2, 0) is 22.8 Å². The normalized spacial score (nSPS) is 14.3. The van der Waals surface area contributed by atoms with Gasteiger partial charge < -0.3 is 9.47 Å². The van der Waals surface area contributed by atoms with Crippen molar-refractivity contribution < 1.29 is 23.9 Å². The molecule has 5 rings (SSSR count). The molecule has 0 aromatic heterocycles. The number of benzene rings is 4. The van der Waals surface area contributed by atoms with E-state index in [1.54, 1.807) is 54.6 Å². The fourth-order valence-electron chi connectivity index (χ4n) is 4.04. The van der Waals surface area contributed by atoms with E-state index in [0.717, 1.165) is 25.0 Å². The molecule has 1 aliphatic rings. The van der Waals surface area contributed by atoms with Crippen molar-refractivity contribution in [1.29, 1.82) is 0 Å². The van der Waals surface area contributed by atoms with E-state index in [2.05, 4.69) is 37.2 Å². The average molecular weight is 697 g/mol. The van der Waals surface area contributed by atoms with Gasteiger partial charge >= 0.3 is 6.03 Å². The van der Waals surface area contributed by atoms with Crippen molar-refractivity contribution in [1.82, 2.24) is 5.32 Å². The third-order valence-electron chi connectivity index (χ3n) is 6.07. The first-order valence-corrected chi connectivity index (χ1v) is 14.3. The van der Waals surface area contributed by atoms with Crippen LogP contribution in [0.1, 0.15) is 16.7 Å². The van der Waals surface area contributed by atoms with Crippen LogP contribution >= 0.6 is 43.5 Å². The number of nitrogens with zero attached hydrogens (tertiary/aromatic N) is 1. The van der Waals surface area contributed by atoms with Crippen LogP contribution in [0.15, 0.2) is 106 Å². The number of halogens is 3. The zero-order valence-corrected chi connectivity index (χ0v) is 25.2. The Bertz CT molecular complexity index is 1660. The van der Waals surface area contributed by atoms with Crippen LogP contribution in [0.25, 0.3) is 6.08 Å². The van der Waals surface area contributed by atoms with Gasteiger partial charge in [-0.1, -0.05) is 67.7 Å². The van der Waals surface area contributed by atoms with Gasteiger partial charge in [0, 0.05) is 19.5 Å². The second kappa shape index (κ2) is 12.7. The summed E-state index contributed by atoms with van der Waals surface area (Å²) in [6.45, 7) is 0.574. The third-order valence-corrected chi connectivity index (χ3v) is 7.33. The summed E-state index contributed by atoms with van der Waals surface area (Å²) < 4.78 is 13.5. The highest BCUT2D eigenvalue weighted by atomic mass is 79.9. The van der Waals surface area contributed by atoms with E-state index in [1.165, 1.54) is 6.08 Å². The molecular formula is C31H21Br2ClN2O5. The number of ether oxygens (including phenoxy) is 2. The topological polar surface area (TPSA) is 84.9 Å². The third kappa shape index (κ3) is 7.05. The number of rotatable bonds is 8. The monoisotopic (exact) mass is 694 g/mol. The van der Waals surface area contributed by atoms with E-state index in [9.17, 15) is 14.4 Å². The lowest BCUT2D eigenvalue weighted by Gasteiger charge is -2.26. The summed E-state index contributed by atoms with van der Waals surface area (Å²) in [5, 5.41) is 2.84. The van der Waals surface area contributed by atoms with Crippen molar-refractivity contribution in [2.75, 3.05) is 4.90 Å². The fourth-order valence-corrected chi connectivity index (χ4v) is 4.89. The molecule has 1 N–H and O–H groups in total. The summed E-state index contributed by atoms with van der Waals surface area (Å²) >= 11 is 12.9. The molecule has 4 aromatic rings. The molecule has 1 aliphatic heterocycles. The highest BCUT2D eigenvalue weighted by Crippen LogP contribution is 2.29. The van der Waals surface area contributed by atoms with Crippen LogP contribution in [0.4, 0.5) is 10.5 Å². The van der Waals surface area contributed by atoms with Gasteiger partial charge in [0.05, 0.1) is 5.69 Å². The second-order valence-electron chi connectivity index (χ2n) is 8.97. The van der Waals surface area contributed by atoms with Gasteiger partial charge in [-0.2, -0.15) is 0 Å². The molecule has 4 amide bonds. The second-order valence-corrected chi connectivity index (χ2v) is 11.2. The summed E-state index contributed by atoms with van der Waals surface area (Å²) in [4.78, 5) is 39.9. The lowest BCUT2D eigenvalue weighted by Crippen LogP contribution is -2.54. The number of hydrogen-bond donors (Lipinski definition) is 1. The van der Waals surface area contributed by atoms with Gasteiger partial charge in [0.25, 0.3) is 11.8 Å². The molecule has 41 heavy (non-hydrogen) atoms. The minimum absolute atomic E-state index is 0.217. The van der Waals surface area contributed by atoms with E-state index in [1.807, 2.05) is 36.4 Å². The van der Waals surface area contributed by atoms with E-state index >= 15 is 0 Å². The number of imide groups is 2. The number of hydrogen-bond acceptors (Lipinski definition) is 5. The lowest BCUT2D eigenvalue weighted by atomic mass is 10.1. The van der Waals surface area contributed by atoms with Crippen molar-refractivity contribution in [3.05, 3.63) is 127 Å². The Labute approximate surface area is 258 Å². The number of carbonyl (C=O) groups is 3. The van der Waals surface area contributed by atoms with E-state index in [4.69, 9.17) is 21.1 Å². The van der Waals surface area contributed by atoms with E-state index in [-0.39, 0.29) is 17.9 Å². The highest BCUT2D eigenvalue weighted by molar-refractivity contribution is 9.10. The SMILES string of the molecule is O=C1NC(=O)N(c2ccc(OCc3ccc(Br)cc3)cc2)C(=O)/C1=C/c1cc(Br)ccc1OCc1cccc(Cl)c1. The first-order chi connectivity index (χ1) is 19.8. The summed E-state index contributed by atoms with van der Waals surface area (Å²) in [7, 11) is 0. The van der Waals surface area contributed by atoms with Crippen molar-refractivity contribution in [3.63, 3.8) is 0 Å². The van der Waals surface area contributed by atoms with Crippen LogP contribution < -0.4 is 19.7 Å². The van der Waals surface area contributed by atoms with Gasteiger partial charge in [0.2, 0.25) is 0 Å². The maximum atomic E-state index is 13.5. The Balaban J connectivity index is 1.35. The Morgan fingerprint density at radius 3 is 2.22 bits per heavy atom. The van der Waals surface area contributed by atoms with Crippen molar-refractivity contribution >= 4 is 73.1 Å². The molecule has 0 unspecified atom stereocenters. The first-order valence-electron chi connectivity index (χ1n) is 12.3. The Morgan fingerprint density at radius 2 is 1.49 bits per heavy atom. The zero-order valence-electron chi connectivity index (χ0n) is 21.3. The number of carbonyl (C=O) groups excluding carboxylic acids is 3. The number of urea groups is 1. The Morgan fingerprint density at radius 1 is 0.780 bits per heavy atom. The van der Waals surface area contributed by atoms with Crippen LogP contribution in [0.5, 0.6) is 11.5 Å². The van der Waals surface area contributed by atoms with E-state index in [0.29, 0.717) is 28.7 Å². The number of nitrogens with one attached hydrogen (secondary N) is 1. The van der Waals surface area contributed by atoms with Gasteiger partial charge in [0.1, 0.15) is 30.3 Å². The maximum Gasteiger partial charge on any atom is 0.335 e. The van der Waals surface area contributed by atoms with Crippen LogP contribution in [0, 0.1) is 0 Å². The number of amides is 4. The van der Waals surface area contributed by atoms with Crippen LogP contribution in [0.2, 0.25) is 5.02 Å². The molecule has 0 spiro atoms. The van der Waals surface area contributed by atoms with Gasteiger partial charge in [-0.3, -0.25) is 14.9 Å². The minimum Gasteiger partial charge on any atom is -0.489 e. The van der Waals surface area contributed by atoms with Gasteiger partial charge in [0.15, 0.2) is 0 Å². The number of anilines is 1. The fraction of sp³-hybridized carbons (Fsp3) is 0.0645. The molecule has 1 fully saturated rings. The molecule has 0 radical (unpaired) electrons. The summed E-state index contributed by atoms with van der Waals surface area (Å²) in [5.74, 6) is -0.560. The molecular weight excluding hydrogens is 676 g/mol. The number of barbiturate groups is 1. The standard InChI is InChI=1S/C31H21Br2ClN2O5/c32-22-6-4-19(5-7-22)17-40-26-11-9-25(10-12-26)36-30(38)27(29(37)35-31(36)39)16-21-15-23(33)8-13-28(21)41-18-20-2-1-3-24(34)14-20/h1-16H,17-18H2,(H,35,37,39)/b27-16+. The molecule has 0 atom stereocenters. The van der Waals surface area contributed by atoms with E-state index < -0.39 is 17.8 Å². The predicted molar refractivity (Wildman–Crippen MR) is 164 cm³/mol. The lowest BCUT2D eigenvalue weighted by molar-refractivity contribution is -0.122. The molecule has 0 saturated carbocycles. The predicted octanol–water partition coefficient (Wildman–Crippen LogP) is 7.69. The van der Waals surface area contributed by atoms with Crippen LogP contribution in [-0.4, -0.2) is 17.8 Å². The molecule has 10 heteroatoms. The average Bonchev–Trinajstić information content (AvgIpc) is 2.95. The minimum atomic E-state index is -0.840. The van der Waals surface area contributed by atoms with Gasteiger partial charge in [-0.05, 0) is 83.9 Å². The van der Waals surface area contributed by atoms with Crippen molar-refractivity contribution in [2.45, 2.75) is 13.2 Å². The van der Waals surface area contributed by atoms with Crippen LogP contribution in [0.3, 0.4) is 0 Å². The molecule has 4 aromatic carbocycles. The summed E-state index contributed by atoms with van der Waals surface area (Å²) in [5.41, 5.74) is 2.39. The molecule has 7 nitrogen and oxygen atoms in total. The molecule has 1 heterocycles. The van der Waals surface area contributed by atoms with Crippen molar-refractivity contribution in [3.8, 4) is 11.5 Å². The Hall–Kier alpha value is -3.92. The first kappa shape index (κ1) is 28.6. The smallest absolute Gasteiger partial charge is 0.335 e. The van der Waals surface area contributed by atoms with Crippen molar-refractivity contribution in [2.24, 2.45) is 0 Å². The molecule has 206 valence electrons. The highest BCUT2D eigenvalue weighted by Gasteiger charge is 2.37.